The number of esters is 1. The average Bonchev–Trinajstić information content (AvgIpc) is 3.27. The summed E-state index contributed by atoms with van der Waals surface area (Å²) in [6, 6.07) is 15.6. The number of carbonyl (C=O) groups excluding carboxylic acids is 3. The number of benzene rings is 2. The minimum absolute atomic E-state index is 0.169. The van der Waals surface area contributed by atoms with E-state index in [1.807, 2.05) is 30.3 Å². The van der Waals surface area contributed by atoms with Crippen LogP contribution in [0.25, 0.3) is 16.9 Å². The summed E-state index contributed by atoms with van der Waals surface area (Å²) in [5.74, 6) is -0.854. The van der Waals surface area contributed by atoms with Crippen LogP contribution in [0.5, 0.6) is 5.75 Å². The first-order chi connectivity index (χ1) is 15.5. The third-order valence-electron chi connectivity index (χ3n) is 4.31. The minimum atomic E-state index is -0.763. The summed E-state index contributed by atoms with van der Waals surface area (Å²) in [6.07, 6.45) is 3.00. The Morgan fingerprint density at radius 2 is 1.81 bits per heavy atom. The number of aromatic nitrogens is 2. The van der Waals surface area contributed by atoms with Crippen molar-refractivity contribution in [1.82, 2.24) is 20.4 Å². The number of imide groups is 1. The molecule has 0 saturated carbocycles. The molecule has 3 aromatic rings. The van der Waals surface area contributed by atoms with Gasteiger partial charge < -0.3 is 14.8 Å². The summed E-state index contributed by atoms with van der Waals surface area (Å²) < 4.78 is 11.9. The summed E-state index contributed by atoms with van der Waals surface area (Å²) >= 11 is 0. The molecule has 0 aliphatic carbocycles. The van der Waals surface area contributed by atoms with E-state index >= 15 is 0 Å². The Hall–Kier alpha value is -4.40. The second-order valence-electron chi connectivity index (χ2n) is 6.52. The molecular weight excluding hydrogens is 412 g/mol. The second-order valence-corrected chi connectivity index (χ2v) is 6.52. The number of nitrogens with one attached hydrogen (secondary N) is 2. The maximum absolute atomic E-state index is 12.8. The van der Waals surface area contributed by atoms with Crippen LogP contribution in [0.3, 0.4) is 0 Å². The van der Waals surface area contributed by atoms with Crippen LogP contribution < -0.4 is 15.4 Å². The fraction of sp³-hybridized carbons (Fsp3) is 0.130. The molecule has 3 amide bonds. The number of hydrogen-bond acceptors (Lipinski definition) is 6. The molecule has 0 aliphatic rings. The molecule has 3 rings (SSSR count). The molecule has 0 fully saturated rings. The number of ether oxygens (including phenoxy) is 2. The third kappa shape index (κ3) is 5.60. The van der Waals surface area contributed by atoms with Crippen molar-refractivity contribution in [3.05, 3.63) is 79.0 Å². The summed E-state index contributed by atoms with van der Waals surface area (Å²) in [7, 11) is 1.56. The number of amides is 3. The molecule has 1 heterocycles. The molecule has 0 atom stereocenters. The van der Waals surface area contributed by atoms with Crippen LogP contribution in [0.15, 0.2) is 73.4 Å². The van der Waals surface area contributed by atoms with Gasteiger partial charge in [-0.3, -0.25) is 10.1 Å². The molecular formula is C23H22N4O5. The van der Waals surface area contributed by atoms with Gasteiger partial charge in [-0.1, -0.05) is 24.3 Å². The van der Waals surface area contributed by atoms with Crippen molar-refractivity contribution >= 4 is 17.9 Å². The first-order valence-electron chi connectivity index (χ1n) is 9.67. The first-order valence-corrected chi connectivity index (χ1v) is 9.67. The predicted octanol–water partition coefficient (Wildman–Crippen LogP) is 2.72. The van der Waals surface area contributed by atoms with Gasteiger partial charge in [0.2, 0.25) is 0 Å². The number of urea groups is 1. The topological polar surface area (TPSA) is 112 Å². The number of rotatable bonds is 8. The van der Waals surface area contributed by atoms with Crippen molar-refractivity contribution in [2.45, 2.75) is 0 Å². The Morgan fingerprint density at radius 1 is 1.09 bits per heavy atom. The number of nitrogens with zero attached hydrogens (tertiary/aromatic N) is 2. The fourth-order valence-corrected chi connectivity index (χ4v) is 2.78. The highest BCUT2D eigenvalue weighted by Crippen LogP contribution is 2.26. The molecule has 2 N–H and O–H groups in total. The quantitative estimate of drug-likeness (QED) is 0.417. The van der Waals surface area contributed by atoms with Gasteiger partial charge in [0, 0.05) is 18.3 Å². The monoisotopic (exact) mass is 434 g/mol. The van der Waals surface area contributed by atoms with Gasteiger partial charge in [-0.15, -0.1) is 6.58 Å². The van der Waals surface area contributed by atoms with Gasteiger partial charge in [-0.2, -0.15) is 5.10 Å². The van der Waals surface area contributed by atoms with Crippen LogP contribution in [0.1, 0.15) is 10.4 Å². The number of para-hydroxylation sites is 1. The Kier molecular flexibility index (Phi) is 7.37. The zero-order valence-corrected chi connectivity index (χ0v) is 17.4. The van der Waals surface area contributed by atoms with Crippen LogP contribution in [-0.4, -0.2) is 47.9 Å². The molecule has 0 aliphatic heterocycles. The predicted molar refractivity (Wildman–Crippen MR) is 118 cm³/mol. The molecule has 9 nitrogen and oxygen atoms in total. The highest BCUT2D eigenvalue weighted by molar-refractivity contribution is 5.99. The molecule has 1 aromatic heterocycles. The van der Waals surface area contributed by atoms with E-state index in [2.05, 4.69) is 22.3 Å². The number of hydrogen-bond donors (Lipinski definition) is 2. The van der Waals surface area contributed by atoms with E-state index in [-0.39, 0.29) is 12.1 Å². The molecule has 0 bridgehead atoms. The lowest BCUT2D eigenvalue weighted by Gasteiger charge is -2.07. The summed E-state index contributed by atoms with van der Waals surface area (Å²) in [6.45, 7) is 3.03. The van der Waals surface area contributed by atoms with Crippen molar-refractivity contribution in [3.8, 4) is 22.7 Å². The molecule has 2 aromatic carbocycles. The molecule has 0 unspecified atom stereocenters. The summed E-state index contributed by atoms with van der Waals surface area (Å²) in [5, 5.41) is 8.99. The number of methoxy groups -OCH3 is 1. The normalized spacial score (nSPS) is 10.2. The molecule has 164 valence electrons. The Labute approximate surface area is 184 Å². The molecule has 0 spiro atoms. The third-order valence-corrected chi connectivity index (χ3v) is 4.31. The van der Waals surface area contributed by atoms with E-state index < -0.39 is 24.5 Å². The van der Waals surface area contributed by atoms with Gasteiger partial charge in [-0.25, -0.2) is 14.3 Å². The fourth-order valence-electron chi connectivity index (χ4n) is 2.78. The second kappa shape index (κ2) is 10.6. The maximum atomic E-state index is 12.8. The van der Waals surface area contributed by atoms with Crippen LogP contribution in [0, 0.1) is 0 Å². The Balaban J connectivity index is 1.81. The van der Waals surface area contributed by atoms with Crippen LogP contribution >= 0.6 is 0 Å². The largest absolute Gasteiger partial charge is 0.497 e. The molecule has 0 radical (unpaired) electrons. The standard InChI is InChI=1S/C23H22N4O5/c1-3-13-24-23(30)25-20(28)15-32-22(29)19-14-27(17-7-5-4-6-8-17)26-21(19)16-9-11-18(31-2)12-10-16/h3-12,14H,1,13,15H2,2H3,(H2,24,25,28,30). The van der Waals surface area contributed by atoms with Crippen molar-refractivity contribution in [3.63, 3.8) is 0 Å². The van der Waals surface area contributed by atoms with E-state index in [4.69, 9.17) is 9.47 Å². The van der Waals surface area contributed by atoms with E-state index in [1.54, 1.807) is 36.1 Å². The summed E-state index contributed by atoms with van der Waals surface area (Å²) in [5.41, 5.74) is 1.96. The van der Waals surface area contributed by atoms with E-state index in [9.17, 15) is 14.4 Å². The number of carbonyl (C=O) groups is 3. The molecule has 9 heteroatoms. The van der Waals surface area contributed by atoms with Crippen molar-refractivity contribution in [2.24, 2.45) is 0 Å². The Bertz CT molecular complexity index is 1110. The van der Waals surface area contributed by atoms with Crippen LogP contribution in [0.4, 0.5) is 4.79 Å². The summed E-state index contributed by atoms with van der Waals surface area (Å²) in [4.78, 5) is 36.2. The van der Waals surface area contributed by atoms with Crippen molar-refractivity contribution in [1.29, 1.82) is 0 Å². The van der Waals surface area contributed by atoms with Gasteiger partial charge >= 0.3 is 12.0 Å². The van der Waals surface area contributed by atoms with Crippen LogP contribution in [-0.2, 0) is 9.53 Å². The lowest BCUT2D eigenvalue weighted by molar-refractivity contribution is -0.123. The van der Waals surface area contributed by atoms with Crippen molar-refractivity contribution in [2.75, 3.05) is 20.3 Å². The van der Waals surface area contributed by atoms with Gasteiger partial charge in [-0.05, 0) is 36.4 Å². The van der Waals surface area contributed by atoms with E-state index in [0.717, 1.165) is 5.69 Å². The zero-order chi connectivity index (χ0) is 22.9. The Morgan fingerprint density at radius 3 is 2.47 bits per heavy atom. The molecule has 0 saturated heterocycles. The van der Waals surface area contributed by atoms with E-state index in [1.165, 1.54) is 12.3 Å². The van der Waals surface area contributed by atoms with Gasteiger partial charge in [0.25, 0.3) is 5.91 Å². The van der Waals surface area contributed by atoms with Gasteiger partial charge in [0.1, 0.15) is 17.0 Å². The lowest BCUT2D eigenvalue weighted by Crippen LogP contribution is -2.41. The maximum Gasteiger partial charge on any atom is 0.342 e. The molecule has 32 heavy (non-hydrogen) atoms. The van der Waals surface area contributed by atoms with Crippen molar-refractivity contribution < 1.29 is 23.9 Å². The first kappa shape index (κ1) is 22.3. The van der Waals surface area contributed by atoms with E-state index in [0.29, 0.717) is 17.0 Å². The minimum Gasteiger partial charge on any atom is -0.497 e. The zero-order valence-electron chi connectivity index (χ0n) is 17.4. The smallest absolute Gasteiger partial charge is 0.342 e. The van der Waals surface area contributed by atoms with Crippen LogP contribution in [0.2, 0.25) is 0 Å². The van der Waals surface area contributed by atoms with Gasteiger partial charge in [0.15, 0.2) is 6.61 Å². The highest BCUT2D eigenvalue weighted by Gasteiger charge is 2.21. The average molecular weight is 434 g/mol. The van der Waals surface area contributed by atoms with Gasteiger partial charge in [0.05, 0.1) is 12.8 Å². The SMILES string of the molecule is C=CCNC(=O)NC(=O)COC(=O)c1cn(-c2ccccc2)nc1-c1ccc(OC)cc1. The lowest BCUT2D eigenvalue weighted by atomic mass is 10.1. The highest BCUT2D eigenvalue weighted by atomic mass is 16.5.